The Hall–Kier alpha value is -1.15. The lowest BCUT2D eigenvalue weighted by Crippen LogP contribution is -2.50. The maximum Gasteiger partial charge on any atom is 0.255 e. The second kappa shape index (κ2) is 8.10. The molecule has 1 saturated carbocycles. The highest BCUT2D eigenvalue weighted by Gasteiger charge is 2.31. The first kappa shape index (κ1) is 18.2. The molecule has 132 valence electrons. The molecule has 0 aromatic carbocycles. The summed E-state index contributed by atoms with van der Waals surface area (Å²) >= 11 is 0. The third kappa shape index (κ3) is 5.17. The van der Waals surface area contributed by atoms with Crippen LogP contribution in [0.15, 0.2) is 0 Å². The van der Waals surface area contributed by atoms with E-state index in [1.807, 2.05) is 0 Å². The first-order valence-electron chi connectivity index (χ1n) is 8.34. The van der Waals surface area contributed by atoms with Crippen molar-refractivity contribution in [2.45, 2.75) is 63.2 Å². The zero-order valence-corrected chi connectivity index (χ0v) is 14.4. The van der Waals surface area contributed by atoms with Gasteiger partial charge in [0.1, 0.15) is 6.04 Å². The fraction of sp³-hybridized carbons (Fsp3) is 0.867. The van der Waals surface area contributed by atoms with Crippen LogP contribution in [0.1, 0.15) is 51.9 Å². The normalized spacial score (nSPS) is 22.3. The molecule has 1 aliphatic heterocycles. The molecule has 0 aromatic heterocycles. The minimum Gasteiger partial charge on any atom is -0.381 e. The predicted molar refractivity (Wildman–Crippen MR) is 85.1 cm³/mol. The van der Waals surface area contributed by atoms with Crippen molar-refractivity contribution in [2.24, 2.45) is 5.92 Å². The minimum absolute atomic E-state index is 0.0638. The van der Waals surface area contributed by atoms with Gasteiger partial charge in [0.25, 0.3) is 5.91 Å². The highest BCUT2D eigenvalue weighted by atomic mass is 32.2. The van der Waals surface area contributed by atoms with Gasteiger partial charge < -0.3 is 10.1 Å². The van der Waals surface area contributed by atoms with E-state index < -0.39 is 27.2 Å². The van der Waals surface area contributed by atoms with Crippen LogP contribution in [-0.4, -0.2) is 44.7 Å². The summed E-state index contributed by atoms with van der Waals surface area (Å²) in [5.74, 6) is -0.900. The van der Waals surface area contributed by atoms with Gasteiger partial charge in [0.05, 0.1) is 5.25 Å². The summed E-state index contributed by atoms with van der Waals surface area (Å²) in [4.78, 5) is 24.2. The molecule has 0 radical (unpaired) electrons. The molecule has 7 nitrogen and oxygen atoms in total. The summed E-state index contributed by atoms with van der Waals surface area (Å²) in [6.45, 7) is 2.27. The fourth-order valence-corrected chi connectivity index (χ4v) is 4.50. The summed E-state index contributed by atoms with van der Waals surface area (Å²) in [5, 5.41) is 2.02. The second-order valence-electron chi connectivity index (χ2n) is 6.39. The highest BCUT2D eigenvalue weighted by Crippen LogP contribution is 2.23. The third-order valence-corrected chi connectivity index (χ3v) is 6.41. The van der Waals surface area contributed by atoms with Crippen LogP contribution < -0.4 is 10.0 Å². The van der Waals surface area contributed by atoms with Crippen LogP contribution in [0.2, 0.25) is 0 Å². The van der Waals surface area contributed by atoms with Crippen LogP contribution in [0.4, 0.5) is 0 Å². The largest absolute Gasteiger partial charge is 0.381 e. The molecule has 0 aromatic rings. The molecule has 0 spiro atoms. The first-order chi connectivity index (χ1) is 10.9. The van der Waals surface area contributed by atoms with E-state index in [1.54, 1.807) is 0 Å². The molecular weight excluding hydrogens is 320 g/mol. The van der Waals surface area contributed by atoms with Crippen LogP contribution in [0.3, 0.4) is 0 Å². The van der Waals surface area contributed by atoms with E-state index in [-0.39, 0.29) is 11.8 Å². The summed E-state index contributed by atoms with van der Waals surface area (Å²) in [7, 11) is -3.72. The number of ether oxygens (including phenoxy) is 1. The van der Waals surface area contributed by atoms with Gasteiger partial charge in [-0.3, -0.25) is 14.3 Å². The topological polar surface area (TPSA) is 102 Å². The van der Waals surface area contributed by atoms with Gasteiger partial charge in [-0.05, 0) is 32.6 Å². The molecule has 2 fully saturated rings. The minimum atomic E-state index is -3.72. The van der Waals surface area contributed by atoms with Crippen molar-refractivity contribution in [2.75, 3.05) is 13.2 Å². The number of nitrogens with one attached hydrogen (secondary N) is 2. The maximum absolute atomic E-state index is 12.2. The average molecular weight is 346 g/mol. The molecule has 0 bridgehead atoms. The molecule has 2 N–H and O–H groups in total. The summed E-state index contributed by atoms with van der Waals surface area (Å²) in [6, 6.07) is -0.862. The van der Waals surface area contributed by atoms with E-state index in [2.05, 4.69) is 10.0 Å². The van der Waals surface area contributed by atoms with Crippen molar-refractivity contribution in [3.63, 3.8) is 0 Å². The quantitative estimate of drug-likeness (QED) is 0.763. The standard InChI is InChI=1S/C15H26N2O5S/c1-11(16-15(19)12-5-3-2-4-6-12)14(18)17-23(20,21)13-7-9-22-10-8-13/h11-13H,2-10H2,1H3,(H,16,19)(H,17,18). The van der Waals surface area contributed by atoms with Crippen molar-refractivity contribution < 1.29 is 22.7 Å². The van der Waals surface area contributed by atoms with Gasteiger partial charge >= 0.3 is 0 Å². The van der Waals surface area contributed by atoms with Crippen LogP contribution in [-0.2, 0) is 24.3 Å². The maximum atomic E-state index is 12.2. The number of rotatable bonds is 5. The Balaban J connectivity index is 1.85. The lowest BCUT2D eigenvalue weighted by molar-refractivity contribution is -0.130. The number of sulfonamides is 1. The fourth-order valence-electron chi connectivity index (χ4n) is 3.06. The Morgan fingerprint density at radius 1 is 1.04 bits per heavy atom. The van der Waals surface area contributed by atoms with Gasteiger partial charge in [0.15, 0.2) is 0 Å². The average Bonchev–Trinajstić information content (AvgIpc) is 2.56. The monoisotopic (exact) mass is 346 g/mol. The Labute approximate surface area is 137 Å². The van der Waals surface area contributed by atoms with E-state index in [1.165, 1.54) is 6.92 Å². The highest BCUT2D eigenvalue weighted by molar-refractivity contribution is 7.90. The van der Waals surface area contributed by atoms with Gasteiger partial charge in [0.2, 0.25) is 15.9 Å². The molecule has 1 heterocycles. The van der Waals surface area contributed by atoms with Crippen LogP contribution >= 0.6 is 0 Å². The predicted octanol–water partition coefficient (Wildman–Crippen LogP) is 0.696. The van der Waals surface area contributed by atoms with Crippen molar-refractivity contribution >= 4 is 21.8 Å². The Kier molecular flexibility index (Phi) is 6.41. The molecule has 1 aliphatic carbocycles. The Morgan fingerprint density at radius 2 is 1.65 bits per heavy atom. The Bertz CT molecular complexity index is 522. The number of carbonyl (C=O) groups excluding carboxylic acids is 2. The molecule has 2 aliphatic rings. The van der Waals surface area contributed by atoms with Crippen LogP contribution in [0.25, 0.3) is 0 Å². The first-order valence-corrected chi connectivity index (χ1v) is 9.88. The van der Waals surface area contributed by atoms with Crippen molar-refractivity contribution in [1.82, 2.24) is 10.0 Å². The molecule has 8 heteroatoms. The lowest BCUT2D eigenvalue weighted by Gasteiger charge is -2.25. The zero-order chi connectivity index (χ0) is 16.9. The summed E-state index contributed by atoms with van der Waals surface area (Å²) in [5.41, 5.74) is 0. The summed E-state index contributed by atoms with van der Waals surface area (Å²) in [6.07, 6.45) is 5.62. The molecule has 2 amide bonds. The second-order valence-corrected chi connectivity index (χ2v) is 8.35. The van der Waals surface area contributed by atoms with Crippen LogP contribution in [0.5, 0.6) is 0 Å². The van der Waals surface area contributed by atoms with Crippen molar-refractivity contribution in [3.8, 4) is 0 Å². The number of carbonyl (C=O) groups is 2. The molecule has 23 heavy (non-hydrogen) atoms. The van der Waals surface area contributed by atoms with Gasteiger partial charge in [0, 0.05) is 19.1 Å². The van der Waals surface area contributed by atoms with E-state index in [4.69, 9.17) is 4.74 Å². The third-order valence-electron chi connectivity index (χ3n) is 4.58. The van der Waals surface area contributed by atoms with Crippen LogP contribution in [0, 0.1) is 5.92 Å². The van der Waals surface area contributed by atoms with E-state index in [0.29, 0.717) is 26.1 Å². The van der Waals surface area contributed by atoms with E-state index in [0.717, 1.165) is 32.1 Å². The van der Waals surface area contributed by atoms with Gasteiger partial charge in [-0.1, -0.05) is 19.3 Å². The smallest absolute Gasteiger partial charge is 0.255 e. The van der Waals surface area contributed by atoms with Gasteiger partial charge in [-0.15, -0.1) is 0 Å². The molecule has 1 unspecified atom stereocenters. The van der Waals surface area contributed by atoms with Gasteiger partial charge in [-0.2, -0.15) is 0 Å². The van der Waals surface area contributed by atoms with Gasteiger partial charge in [-0.25, -0.2) is 8.42 Å². The van der Waals surface area contributed by atoms with Crippen molar-refractivity contribution in [1.29, 1.82) is 0 Å². The molecule has 1 saturated heterocycles. The number of hydrogen-bond donors (Lipinski definition) is 2. The number of amides is 2. The SMILES string of the molecule is CC(NC(=O)C1CCCCC1)C(=O)NS(=O)(=O)C1CCOCC1. The van der Waals surface area contributed by atoms with E-state index >= 15 is 0 Å². The Morgan fingerprint density at radius 3 is 2.26 bits per heavy atom. The lowest BCUT2D eigenvalue weighted by atomic mass is 9.88. The van der Waals surface area contributed by atoms with Crippen molar-refractivity contribution in [3.05, 3.63) is 0 Å². The zero-order valence-electron chi connectivity index (χ0n) is 13.5. The molecule has 1 atom stereocenters. The molecule has 2 rings (SSSR count). The number of hydrogen-bond acceptors (Lipinski definition) is 5. The molecular formula is C15H26N2O5S. The van der Waals surface area contributed by atoms with E-state index in [9.17, 15) is 18.0 Å². The summed E-state index contributed by atoms with van der Waals surface area (Å²) < 4.78 is 31.6.